The van der Waals surface area contributed by atoms with E-state index in [4.69, 9.17) is 9.73 Å². The van der Waals surface area contributed by atoms with Crippen molar-refractivity contribution in [3.63, 3.8) is 0 Å². The van der Waals surface area contributed by atoms with Crippen molar-refractivity contribution in [2.45, 2.75) is 63.1 Å². The highest BCUT2D eigenvalue weighted by Crippen LogP contribution is 2.54. The lowest BCUT2D eigenvalue weighted by atomic mass is 9.55. The third-order valence-corrected chi connectivity index (χ3v) is 9.47. The zero-order chi connectivity index (χ0) is 26.4. The monoisotopic (exact) mass is 515 g/mol. The Labute approximate surface area is 224 Å². The van der Waals surface area contributed by atoms with E-state index in [-0.39, 0.29) is 18.6 Å². The Morgan fingerprint density at radius 1 is 1.00 bits per heavy atom. The third kappa shape index (κ3) is 4.56. The second kappa shape index (κ2) is 9.75. The van der Waals surface area contributed by atoms with Gasteiger partial charge in [0, 0.05) is 30.3 Å². The van der Waals surface area contributed by atoms with Gasteiger partial charge in [-0.05, 0) is 68.8 Å². The van der Waals surface area contributed by atoms with Crippen LogP contribution in [0.2, 0.25) is 0 Å². The first-order valence-electron chi connectivity index (χ1n) is 13.9. The van der Waals surface area contributed by atoms with E-state index in [1.165, 1.54) is 6.42 Å². The summed E-state index contributed by atoms with van der Waals surface area (Å²) in [5.41, 5.74) is 2.41. The quantitative estimate of drug-likeness (QED) is 0.557. The van der Waals surface area contributed by atoms with Crippen LogP contribution < -0.4 is 10.2 Å². The molecule has 0 saturated heterocycles. The number of alkyl carbamates (subject to hydrolysis) is 1. The van der Waals surface area contributed by atoms with E-state index in [9.17, 15) is 14.7 Å². The van der Waals surface area contributed by atoms with Gasteiger partial charge in [0.1, 0.15) is 11.6 Å². The fraction of sp³-hybridized carbons (Fsp3) is 0.516. The van der Waals surface area contributed by atoms with Gasteiger partial charge in [0.05, 0.1) is 18.3 Å². The van der Waals surface area contributed by atoms with Crippen LogP contribution in [0.15, 0.2) is 59.6 Å². The fourth-order valence-corrected chi connectivity index (χ4v) is 7.74. The normalized spacial score (nSPS) is 31.0. The standard InChI is InChI=1S/C31H37N3O4/c1-31(29(35)36,33-30(37)38-28-22-13-19-12-20(15-22)16-23(28)14-19)17-24-18-32-27(21-8-4-3-5-9-21)25-10-6-7-11-26(25)34(24)2/h3-11,19-20,22-24,28H,12-18H2,1-2H3,(H,33,37)(H,35,36). The smallest absolute Gasteiger partial charge is 0.408 e. The Morgan fingerprint density at radius 3 is 2.29 bits per heavy atom. The number of carboxylic acid groups (broad SMARTS) is 1. The van der Waals surface area contributed by atoms with Gasteiger partial charge in [-0.25, -0.2) is 9.59 Å². The van der Waals surface area contributed by atoms with Gasteiger partial charge in [-0.1, -0.05) is 48.5 Å². The van der Waals surface area contributed by atoms with Crippen molar-refractivity contribution in [3.05, 3.63) is 65.7 Å². The molecule has 2 aromatic rings. The molecule has 5 aliphatic rings. The molecule has 1 amide bonds. The summed E-state index contributed by atoms with van der Waals surface area (Å²) >= 11 is 0. The number of aliphatic carboxylic acids is 1. The number of amides is 1. The summed E-state index contributed by atoms with van der Waals surface area (Å²) in [6.45, 7) is 1.99. The number of para-hydroxylation sites is 1. The first-order valence-corrected chi connectivity index (χ1v) is 13.9. The van der Waals surface area contributed by atoms with Crippen LogP contribution in [0.5, 0.6) is 0 Å². The topological polar surface area (TPSA) is 91.2 Å². The number of nitrogens with one attached hydrogen (secondary N) is 1. The van der Waals surface area contributed by atoms with Crippen LogP contribution in [0, 0.1) is 23.7 Å². The lowest BCUT2D eigenvalue weighted by Gasteiger charge is -2.53. The molecule has 200 valence electrons. The molecule has 1 aliphatic heterocycles. The molecule has 0 radical (unpaired) electrons. The molecule has 38 heavy (non-hydrogen) atoms. The molecular formula is C31H37N3O4. The average molecular weight is 516 g/mol. The summed E-state index contributed by atoms with van der Waals surface area (Å²) < 4.78 is 5.99. The zero-order valence-corrected chi connectivity index (χ0v) is 22.2. The van der Waals surface area contributed by atoms with Gasteiger partial charge in [-0.2, -0.15) is 0 Å². The molecule has 4 fully saturated rings. The number of rotatable bonds is 6. The Morgan fingerprint density at radius 2 is 1.63 bits per heavy atom. The van der Waals surface area contributed by atoms with Gasteiger partial charge in [0.25, 0.3) is 0 Å². The minimum Gasteiger partial charge on any atom is -0.480 e. The number of hydrogen-bond donors (Lipinski definition) is 2. The maximum atomic E-state index is 13.1. The van der Waals surface area contributed by atoms with Gasteiger partial charge in [-0.15, -0.1) is 0 Å². The number of likely N-dealkylation sites (N-methyl/N-ethyl adjacent to an activating group) is 1. The number of carboxylic acids is 1. The molecule has 2 N–H and O–H groups in total. The lowest BCUT2D eigenvalue weighted by molar-refractivity contribution is -0.145. The summed E-state index contributed by atoms with van der Waals surface area (Å²) in [4.78, 5) is 32.8. The van der Waals surface area contributed by atoms with Crippen LogP contribution in [0.25, 0.3) is 0 Å². The van der Waals surface area contributed by atoms with Crippen molar-refractivity contribution in [3.8, 4) is 0 Å². The van der Waals surface area contributed by atoms with Crippen molar-refractivity contribution in [2.24, 2.45) is 28.7 Å². The molecule has 0 spiro atoms. The van der Waals surface area contributed by atoms with Gasteiger partial charge in [0.15, 0.2) is 0 Å². The van der Waals surface area contributed by atoms with E-state index >= 15 is 0 Å². The second-order valence-corrected chi connectivity index (χ2v) is 12.1. The van der Waals surface area contributed by atoms with Crippen LogP contribution in [-0.4, -0.2) is 54.2 Å². The van der Waals surface area contributed by atoms with Gasteiger partial charge in [-0.3, -0.25) is 4.99 Å². The van der Waals surface area contributed by atoms with Crippen LogP contribution in [0.3, 0.4) is 0 Å². The van der Waals surface area contributed by atoms with Gasteiger partial charge >= 0.3 is 12.1 Å². The molecule has 7 rings (SSSR count). The van der Waals surface area contributed by atoms with Crippen molar-refractivity contribution in [2.75, 3.05) is 18.5 Å². The highest BCUT2D eigenvalue weighted by molar-refractivity contribution is 6.16. The Balaban J connectivity index is 1.21. The SMILES string of the molecule is CN1c2ccccc2C(c2ccccc2)=NCC1CC(C)(NC(=O)OC1C2CC3CC(C2)CC1C3)C(=O)O. The number of aliphatic imine (C=N–C) groups is 1. The predicted molar refractivity (Wildman–Crippen MR) is 147 cm³/mol. The molecule has 2 unspecified atom stereocenters. The Hall–Kier alpha value is -3.35. The van der Waals surface area contributed by atoms with Crippen LogP contribution >= 0.6 is 0 Å². The average Bonchev–Trinajstić information content (AvgIpc) is 3.03. The first-order chi connectivity index (χ1) is 18.3. The number of carbonyl (C=O) groups excluding carboxylic acids is 1. The number of nitrogens with zero attached hydrogens (tertiary/aromatic N) is 2. The largest absolute Gasteiger partial charge is 0.480 e. The maximum Gasteiger partial charge on any atom is 0.408 e. The number of anilines is 1. The van der Waals surface area contributed by atoms with E-state index in [0.29, 0.717) is 18.4 Å². The highest BCUT2D eigenvalue weighted by atomic mass is 16.6. The maximum absolute atomic E-state index is 13.1. The number of ether oxygens (including phenoxy) is 1. The molecule has 2 atom stereocenters. The molecule has 0 aromatic heterocycles. The molecule has 7 nitrogen and oxygen atoms in total. The van der Waals surface area contributed by atoms with Gasteiger partial charge in [0.2, 0.25) is 0 Å². The predicted octanol–water partition coefficient (Wildman–Crippen LogP) is 5.13. The number of benzodiazepines with no additional fused rings is 1. The summed E-state index contributed by atoms with van der Waals surface area (Å²) in [5.74, 6) is 1.32. The molecule has 2 aromatic carbocycles. The van der Waals surface area contributed by atoms with E-state index in [1.54, 1.807) is 6.92 Å². The first kappa shape index (κ1) is 25.0. The van der Waals surface area contributed by atoms with Crippen LogP contribution in [-0.2, 0) is 9.53 Å². The minimum absolute atomic E-state index is 0.0914. The molecular weight excluding hydrogens is 478 g/mol. The Bertz CT molecular complexity index is 1220. The lowest BCUT2D eigenvalue weighted by Crippen LogP contribution is -2.58. The Kier molecular flexibility index (Phi) is 6.40. The van der Waals surface area contributed by atoms with Crippen LogP contribution in [0.4, 0.5) is 10.5 Å². The van der Waals surface area contributed by atoms with E-state index in [1.807, 2.05) is 55.6 Å². The zero-order valence-electron chi connectivity index (χ0n) is 22.2. The third-order valence-electron chi connectivity index (χ3n) is 9.47. The molecule has 4 bridgehead atoms. The van der Waals surface area contributed by atoms with Gasteiger partial charge < -0.3 is 20.1 Å². The molecule has 1 heterocycles. The molecule has 7 heteroatoms. The van der Waals surface area contributed by atoms with E-state index < -0.39 is 17.6 Å². The van der Waals surface area contributed by atoms with Crippen molar-refractivity contribution in [1.82, 2.24) is 5.32 Å². The fourth-order valence-electron chi connectivity index (χ4n) is 7.74. The summed E-state index contributed by atoms with van der Waals surface area (Å²) in [5, 5.41) is 13.0. The highest BCUT2D eigenvalue weighted by Gasteiger charge is 2.50. The van der Waals surface area contributed by atoms with Crippen molar-refractivity contribution >= 4 is 23.5 Å². The summed E-state index contributed by atoms with van der Waals surface area (Å²) in [6.07, 6.45) is 5.35. The number of carbonyl (C=O) groups is 2. The second-order valence-electron chi connectivity index (χ2n) is 12.1. The number of hydrogen-bond acceptors (Lipinski definition) is 5. The van der Waals surface area contributed by atoms with Crippen molar-refractivity contribution in [1.29, 1.82) is 0 Å². The summed E-state index contributed by atoms with van der Waals surface area (Å²) in [7, 11) is 1.97. The minimum atomic E-state index is -1.50. The molecule has 4 aliphatic carbocycles. The number of benzene rings is 2. The van der Waals surface area contributed by atoms with E-state index in [0.717, 1.165) is 60.0 Å². The summed E-state index contributed by atoms with van der Waals surface area (Å²) in [6, 6.07) is 17.9. The van der Waals surface area contributed by atoms with Crippen LogP contribution in [0.1, 0.15) is 56.6 Å². The number of fused-ring (bicyclic) bond motifs is 1. The van der Waals surface area contributed by atoms with E-state index in [2.05, 4.69) is 16.3 Å². The molecule has 4 saturated carbocycles. The van der Waals surface area contributed by atoms with Crippen molar-refractivity contribution < 1.29 is 19.4 Å².